The molecule has 1 unspecified atom stereocenters. The van der Waals surface area contributed by atoms with Crippen molar-refractivity contribution in [3.05, 3.63) is 5.82 Å². The molecule has 3 heterocycles. The zero-order chi connectivity index (χ0) is 14.7. The first kappa shape index (κ1) is 15.3. The predicted molar refractivity (Wildman–Crippen MR) is 81.4 cm³/mol. The van der Waals surface area contributed by atoms with Crippen molar-refractivity contribution in [2.24, 2.45) is 5.73 Å². The number of thioether (sulfide) groups is 1. The highest BCUT2D eigenvalue weighted by Gasteiger charge is 2.39. The second-order valence-corrected chi connectivity index (χ2v) is 7.11. The van der Waals surface area contributed by atoms with Crippen LogP contribution in [0.4, 0.5) is 0 Å². The van der Waals surface area contributed by atoms with Crippen LogP contribution < -0.4 is 5.73 Å². The molecule has 0 aromatic carbocycles. The van der Waals surface area contributed by atoms with Crippen LogP contribution in [0.2, 0.25) is 0 Å². The molecule has 0 bridgehead atoms. The highest BCUT2D eigenvalue weighted by Crippen LogP contribution is 2.40. The van der Waals surface area contributed by atoms with Crippen molar-refractivity contribution in [2.45, 2.75) is 55.2 Å². The fraction of sp³-hybridized carbons (Fsp3) is 0.857. The minimum atomic E-state index is 0.0297. The molecule has 3 rings (SSSR count). The Hall–Kier alpha value is -0.630. The van der Waals surface area contributed by atoms with Crippen LogP contribution in [0.1, 0.15) is 31.5 Å². The lowest BCUT2D eigenvalue weighted by atomic mass is 9.86. The molecular formula is C14H24N4O2S. The lowest BCUT2D eigenvalue weighted by molar-refractivity contribution is -0.131. The van der Waals surface area contributed by atoms with Crippen molar-refractivity contribution in [2.75, 3.05) is 26.4 Å². The zero-order valence-electron chi connectivity index (χ0n) is 12.6. The van der Waals surface area contributed by atoms with Crippen LogP contribution in [0.25, 0.3) is 0 Å². The molecule has 0 saturated carbocycles. The SMILES string of the molecule is Cc1nnc(SC2CCOC3(CCOCC3)C2)n1CCN. The largest absolute Gasteiger partial charge is 0.381 e. The number of aromatic nitrogens is 3. The Morgan fingerprint density at radius 1 is 1.33 bits per heavy atom. The van der Waals surface area contributed by atoms with Crippen molar-refractivity contribution in [3.8, 4) is 0 Å². The van der Waals surface area contributed by atoms with Gasteiger partial charge < -0.3 is 19.8 Å². The second kappa shape index (κ2) is 6.64. The van der Waals surface area contributed by atoms with E-state index in [1.165, 1.54) is 0 Å². The van der Waals surface area contributed by atoms with Gasteiger partial charge in [-0.2, -0.15) is 0 Å². The van der Waals surface area contributed by atoms with Crippen LogP contribution in [0.15, 0.2) is 5.16 Å². The van der Waals surface area contributed by atoms with E-state index in [-0.39, 0.29) is 5.60 Å². The van der Waals surface area contributed by atoms with Crippen LogP contribution in [0, 0.1) is 6.92 Å². The number of hydrogen-bond donors (Lipinski definition) is 1. The van der Waals surface area contributed by atoms with Gasteiger partial charge in [-0.05, 0) is 32.6 Å². The van der Waals surface area contributed by atoms with Crippen molar-refractivity contribution >= 4 is 11.8 Å². The predicted octanol–water partition coefficient (Wildman–Crippen LogP) is 1.37. The average molecular weight is 312 g/mol. The van der Waals surface area contributed by atoms with Gasteiger partial charge in [0, 0.05) is 38.2 Å². The summed E-state index contributed by atoms with van der Waals surface area (Å²) in [5.41, 5.74) is 5.71. The highest BCUT2D eigenvalue weighted by atomic mass is 32.2. The Balaban J connectivity index is 1.67. The molecule has 0 aliphatic carbocycles. The van der Waals surface area contributed by atoms with Crippen LogP contribution in [-0.4, -0.2) is 52.0 Å². The lowest BCUT2D eigenvalue weighted by Crippen LogP contribution is -2.45. The van der Waals surface area contributed by atoms with Crippen LogP contribution in [0.3, 0.4) is 0 Å². The Morgan fingerprint density at radius 2 is 2.14 bits per heavy atom. The molecule has 2 fully saturated rings. The average Bonchev–Trinajstić information content (AvgIpc) is 2.82. The molecule has 2 aliphatic rings. The molecular weight excluding hydrogens is 288 g/mol. The summed E-state index contributed by atoms with van der Waals surface area (Å²) in [6.45, 7) is 5.85. The summed E-state index contributed by atoms with van der Waals surface area (Å²) in [6, 6.07) is 0. The summed E-state index contributed by atoms with van der Waals surface area (Å²) in [5.74, 6) is 0.941. The summed E-state index contributed by atoms with van der Waals surface area (Å²) in [4.78, 5) is 0. The fourth-order valence-corrected chi connectivity index (χ4v) is 4.50. The number of nitrogens with zero attached hydrogens (tertiary/aromatic N) is 3. The Morgan fingerprint density at radius 3 is 2.90 bits per heavy atom. The van der Waals surface area contributed by atoms with Gasteiger partial charge in [0.15, 0.2) is 5.16 Å². The van der Waals surface area contributed by atoms with Gasteiger partial charge in [-0.1, -0.05) is 11.8 Å². The normalized spacial score (nSPS) is 25.3. The minimum absolute atomic E-state index is 0.0297. The molecule has 1 aromatic rings. The number of aryl methyl sites for hydroxylation is 1. The lowest BCUT2D eigenvalue weighted by Gasteiger charge is -2.43. The van der Waals surface area contributed by atoms with Gasteiger partial charge in [-0.15, -0.1) is 10.2 Å². The van der Waals surface area contributed by atoms with Crippen molar-refractivity contribution < 1.29 is 9.47 Å². The van der Waals surface area contributed by atoms with Crippen molar-refractivity contribution in [3.63, 3.8) is 0 Å². The second-order valence-electron chi connectivity index (χ2n) is 5.85. The molecule has 7 heteroatoms. The topological polar surface area (TPSA) is 75.2 Å². The first-order valence-corrected chi connectivity index (χ1v) is 8.59. The van der Waals surface area contributed by atoms with Crippen LogP contribution >= 0.6 is 11.8 Å². The van der Waals surface area contributed by atoms with Gasteiger partial charge in [-0.3, -0.25) is 0 Å². The summed E-state index contributed by atoms with van der Waals surface area (Å²) in [6.07, 6.45) is 4.18. The molecule has 2 saturated heterocycles. The van der Waals surface area contributed by atoms with Crippen LogP contribution in [0.5, 0.6) is 0 Å². The molecule has 0 amide bonds. The zero-order valence-corrected chi connectivity index (χ0v) is 13.4. The highest BCUT2D eigenvalue weighted by molar-refractivity contribution is 7.99. The summed E-state index contributed by atoms with van der Waals surface area (Å²) < 4.78 is 13.7. The first-order valence-electron chi connectivity index (χ1n) is 7.71. The van der Waals surface area contributed by atoms with Gasteiger partial charge in [0.25, 0.3) is 0 Å². The molecule has 1 atom stereocenters. The van der Waals surface area contributed by atoms with Crippen molar-refractivity contribution in [1.82, 2.24) is 14.8 Å². The number of rotatable bonds is 4. The van der Waals surface area contributed by atoms with Gasteiger partial charge in [0.2, 0.25) is 0 Å². The monoisotopic (exact) mass is 312 g/mol. The number of ether oxygens (including phenoxy) is 2. The Bertz CT molecular complexity index is 468. The van der Waals surface area contributed by atoms with E-state index in [2.05, 4.69) is 14.8 Å². The third kappa shape index (κ3) is 3.41. The maximum atomic E-state index is 6.10. The smallest absolute Gasteiger partial charge is 0.191 e. The standard InChI is InChI=1S/C14H24N4O2S/c1-11-16-17-13(18(11)6-5-15)21-12-2-7-20-14(10-12)3-8-19-9-4-14/h12H,2-10,15H2,1H3. The molecule has 21 heavy (non-hydrogen) atoms. The molecule has 118 valence electrons. The Labute approximate surface area is 129 Å². The van der Waals surface area contributed by atoms with E-state index in [9.17, 15) is 0 Å². The molecule has 6 nitrogen and oxygen atoms in total. The third-order valence-corrected chi connectivity index (χ3v) is 5.63. The molecule has 1 spiro atoms. The van der Waals surface area contributed by atoms with E-state index in [0.717, 1.165) is 63.0 Å². The summed E-state index contributed by atoms with van der Waals surface area (Å²) in [5, 5.41) is 10.0. The molecule has 2 aliphatic heterocycles. The summed E-state index contributed by atoms with van der Waals surface area (Å²) >= 11 is 1.83. The quantitative estimate of drug-likeness (QED) is 0.905. The maximum Gasteiger partial charge on any atom is 0.191 e. The van der Waals surface area contributed by atoms with Gasteiger partial charge in [-0.25, -0.2) is 0 Å². The Kier molecular flexibility index (Phi) is 4.83. The van der Waals surface area contributed by atoms with Gasteiger partial charge in [0.1, 0.15) is 5.82 Å². The van der Waals surface area contributed by atoms with E-state index in [4.69, 9.17) is 15.2 Å². The molecule has 0 radical (unpaired) electrons. The maximum absolute atomic E-state index is 6.10. The van der Waals surface area contributed by atoms with Gasteiger partial charge in [0.05, 0.1) is 5.60 Å². The van der Waals surface area contributed by atoms with E-state index >= 15 is 0 Å². The third-order valence-electron chi connectivity index (χ3n) is 4.38. The van der Waals surface area contributed by atoms with Crippen LogP contribution in [-0.2, 0) is 16.0 Å². The van der Waals surface area contributed by atoms with Crippen molar-refractivity contribution in [1.29, 1.82) is 0 Å². The number of hydrogen-bond acceptors (Lipinski definition) is 6. The minimum Gasteiger partial charge on any atom is -0.381 e. The van der Waals surface area contributed by atoms with E-state index in [1.54, 1.807) is 0 Å². The van der Waals surface area contributed by atoms with E-state index in [0.29, 0.717) is 11.8 Å². The number of nitrogens with two attached hydrogens (primary N) is 1. The van der Waals surface area contributed by atoms with E-state index in [1.807, 2.05) is 18.7 Å². The van der Waals surface area contributed by atoms with E-state index < -0.39 is 0 Å². The molecule has 1 aromatic heterocycles. The molecule has 2 N–H and O–H groups in total. The summed E-state index contributed by atoms with van der Waals surface area (Å²) in [7, 11) is 0. The first-order chi connectivity index (χ1) is 10.2. The fourth-order valence-electron chi connectivity index (χ4n) is 3.16. The van der Waals surface area contributed by atoms with Gasteiger partial charge >= 0.3 is 0 Å².